The van der Waals surface area contributed by atoms with Gasteiger partial charge in [-0.15, -0.1) is 0 Å². The van der Waals surface area contributed by atoms with Crippen LogP contribution in [0.5, 0.6) is 5.75 Å². The van der Waals surface area contributed by atoms with Crippen LogP contribution in [0.1, 0.15) is 23.7 Å². The number of halogens is 4. The maximum atomic E-state index is 13.2. The molecule has 1 unspecified atom stereocenters. The summed E-state index contributed by atoms with van der Waals surface area (Å²) in [5, 5.41) is 14.8. The van der Waals surface area contributed by atoms with Crippen LogP contribution >= 0.6 is 0 Å². The summed E-state index contributed by atoms with van der Waals surface area (Å²) in [6, 6.07) is 10.6. The highest BCUT2D eigenvalue weighted by atomic mass is 19.4. The lowest BCUT2D eigenvalue weighted by atomic mass is 10.1. The number of aliphatic carboxylic acids is 2. The van der Waals surface area contributed by atoms with Gasteiger partial charge in [0.2, 0.25) is 0 Å². The average Bonchev–Trinajstić information content (AvgIpc) is 2.78. The lowest BCUT2D eigenvalue weighted by molar-refractivity contribution is -0.159. The molecule has 1 aliphatic heterocycles. The number of hydrogen-bond acceptors (Lipinski definition) is 5. The quantitative estimate of drug-likeness (QED) is 0.486. The van der Waals surface area contributed by atoms with Gasteiger partial charge in [0.15, 0.2) is 0 Å². The van der Waals surface area contributed by atoms with Gasteiger partial charge >= 0.3 is 18.1 Å². The van der Waals surface area contributed by atoms with Crippen molar-refractivity contribution < 1.29 is 46.8 Å². The van der Waals surface area contributed by atoms with Crippen LogP contribution in [-0.2, 0) is 20.5 Å². The van der Waals surface area contributed by atoms with E-state index in [-0.39, 0.29) is 11.9 Å². The van der Waals surface area contributed by atoms with Crippen LogP contribution in [0.2, 0.25) is 0 Å². The molecule has 0 spiro atoms. The minimum Gasteiger partial charge on any atom is -0.486 e. The predicted molar refractivity (Wildman–Crippen MR) is 108 cm³/mol. The first-order valence-corrected chi connectivity index (χ1v) is 9.92. The summed E-state index contributed by atoms with van der Waals surface area (Å²) in [7, 11) is 0. The highest BCUT2D eigenvalue weighted by molar-refractivity contribution is 6.27. The zero-order chi connectivity index (χ0) is 24.4. The summed E-state index contributed by atoms with van der Waals surface area (Å²) < 4.78 is 62.7. The van der Waals surface area contributed by atoms with Gasteiger partial charge in [-0.25, -0.2) is 14.0 Å². The van der Waals surface area contributed by atoms with Crippen LogP contribution in [0.25, 0.3) is 0 Å². The molecule has 0 bridgehead atoms. The Labute approximate surface area is 187 Å². The molecule has 0 aliphatic carbocycles. The van der Waals surface area contributed by atoms with E-state index < -0.39 is 23.7 Å². The molecular weight excluding hydrogens is 450 g/mol. The van der Waals surface area contributed by atoms with Gasteiger partial charge in [-0.2, -0.15) is 13.2 Å². The van der Waals surface area contributed by atoms with Gasteiger partial charge in [0.05, 0.1) is 18.8 Å². The van der Waals surface area contributed by atoms with Crippen LogP contribution in [0.15, 0.2) is 48.5 Å². The van der Waals surface area contributed by atoms with Crippen molar-refractivity contribution in [1.82, 2.24) is 4.90 Å². The highest BCUT2D eigenvalue weighted by Crippen LogP contribution is 2.32. The molecule has 180 valence electrons. The van der Waals surface area contributed by atoms with Gasteiger partial charge in [0, 0.05) is 26.1 Å². The van der Waals surface area contributed by atoms with Crippen LogP contribution in [0, 0.1) is 5.82 Å². The van der Waals surface area contributed by atoms with E-state index in [2.05, 4.69) is 4.90 Å². The van der Waals surface area contributed by atoms with Crippen molar-refractivity contribution >= 4 is 11.9 Å². The van der Waals surface area contributed by atoms with Crippen molar-refractivity contribution in [2.24, 2.45) is 0 Å². The van der Waals surface area contributed by atoms with Gasteiger partial charge in [0.1, 0.15) is 17.7 Å². The largest absolute Gasteiger partial charge is 0.486 e. The minimum absolute atomic E-state index is 0.347. The molecule has 0 saturated carbocycles. The maximum Gasteiger partial charge on any atom is 0.416 e. The molecule has 1 atom stereocenters. The Morgan fingerprint density at radius 3 is 2.00 bits per heavy atom. The van der Waals surface area contributed by atoms with E-state index in [0.717, 1.165) is 37.3 Å². The molecule has 11 heteroatoms. The van der Waals surface area contributed by atoms with E-state index in [1.807, 2.05) is 0 Å². The summed E-state index contributed by atoms with van der Waals surface area (Å²) in [6.07, 6.45) is -4.14. The first kappa shape index (κ1) is 26.1. The standard InChI is InChI=1S/C20H21F4NO2.C2H2O4/c21-17-5-1-15(2-6-17)19(9-10-25-11-13-26-14-12-25)27-18-7-3-16(4-8-18)20(22,23)24;3-1(4)2(5)6/h1-8,19H,9-14H2;(H,3,4)(H,5,6). The Morgan fingerprint density at radius 2 is 1.52 bits per heavy atom. The molecule has 1 saturated heterocycles. The number of alkyl halides is 3. The predicted octanol–water partition coefficient (Wildman–Crippen LogP) is 3.84. The molecule has 0 amide bonds. The van der Waals surface area contributed by atoms with Crippen LogP contribution in [0.3, 0.4) is 0 Å². The number of carboxylic acid groups (broad SMARTS) is 2. The molecule has 2 aromatic carbocycles. The van der Waals surface area contributed by atoms with E-state index in [4.69, 9.17) is 29.3 Å². The van der Waals surface area contributed by atoms with Crippen molar-refractivity contribution in [3.63, 3.8) is 0 Å². The number of morpholine rings is 1. The Morgan fingerprint density at radius 1 is 0.970 bits per heavy atom. The van der Waals surface area contributed by atoms with E-state index >= 15 is 0 Å². The second kappa shape index (κ2) is 12.2. The first-order valence-electron chi connectivity index (χ1n) is 9.92. The Balaban J connectivity index is 0.000000569. The van der Waals surface area contributed by atoms with Crippen LogP contribution in [0.4, 0.5) is 17.6 Å². The Bertz CT molecular complexity index is 885. The fourth-order valence-electron chi connectivity index (χ4n) is 2.98. The number of nitrogens with zero attached hydrogens (tertiary/aromatic N) is 1. The number of carboxylic acids is 2. The molecule has 33 heavy (non-hydrogen) atoms. The zero-order valence-corrected chi connectivity index (χ0v) is 17.4. The second-order valence-corrected chi connectivity index (χ2v) is 7.03. The van der Waals surface area contributed by atoms with Crippen molar-refractivity contribution in [2.45, 2.75) is 18.7 Å². The monoisotopic (exact) mass is 473 g/mol. The number of benzene rings is 2. The zero-order valence-electron chi connectivity index (χ0n) is 17.4. The molecule has 1 fully saturated rings. The lowest BCUT2D eigenvalue weighted by Crippen LogP contribution is -2.37. The topological polar surface area (TPSA) is 96.3 Å². The third-order valence-corrected chi connectivity index (χ3v) is 4.70. The Hall–Kier alpha value is -3.18. The molecule has 2 N–H and O–H groups in total. The van der Waals surface area contributed by atoms with Crippen molar-refractivity contribution in [3.8, 4) is 5.75 Å². The molecule has 2 aromatic rings. The summed E-state index contributed by atoms with van der Waals surface area (Å²) in [5.74, 6) is -3.65. The van der Waals surface area contributed by atoms with E-state index in [9.17, 15) is 17.6 Å². The third-order valence-electron chi connectivity index (χ3n) is 4.70. The van der Waals surface area contributed by atoms with Gasteiger partial charge in [0.25, 0.3) is 0 Å². The van der Waals surface area contributed by atoms with E-state index in [0.29, 0.717) is 25.4 Å². The number of ether oxygens (including phenoxy) is 2. The Kier molecular flexibility index (Phi) is 9.61. The fourth-order valence-corrected chi connectivity index (χ4v) is 2.98. The first-order chi connectivity index (χ1) is 15.6. The molecule has 0 radical (unpaired) electrons. The fraction of sp³-hybridized carbons (Fsp3) is 0.364. The lowest BCUT2D eigenvalue weighted by Gasteiger charge is -2.28. The van der Waals surface area contributed by atoms with E-state index in [1.54, 1.807) is 12.1 Å². The molecule has 0 aromatic heterocycles. The minimum atomic E-state index is -4.38. The van der Waals surface area contributed by atoms with Gasteiger partial charge in [-0.1, -0.05) is 12.1 Å². The summed E-state index contributed by atoms with van der Waals surface area (Å²) >= 11 is 0. The van der Waals surface area contributed by atoms with Crippen LogP contribution < -0.4 is 4.74 Å². The van der Waals surface area contributed by atoms with Gasteiger partial charge in [-0.3, -0.25) is 4.90 Å². The molecule has 3 rings (SSSR count). The van der Waals surface area contributed by atoms with E-state index in [1.165, 1.54) is 24.3 Å². The summed E-state index contributed by atoms with van der Waals surface area (Å²) in [5.41, 5.74) is 0.0612. The number of rotatable bonds is 6. The molecule has 1 aliphatic rings. The number of carbonyl (C=O) groups is 2. The van der Waals surface area contributed by atoms with Gasteiger partial charge in [-0.05, 0) is 42.0 Å². The molecule has 7 nitrogen and oxygen atoms in total. The number of hydrogen-bond donors (Lipinski definition) is 2. The van der Waals surface area contributed by atoms with Crippen molar-refractivity contribution in [1.29, 1.82) is 0 Å². The molecular formula is C22H23F4NO6. The van der Waals surface area contributed by atoms with Gasteiger partial charge < -0.3 is 19.7 Å². The normalized spacial score (nSPS) is 15.2. The van der Waals surface area contributed by atoms with Crippen molar-refractivity contribution in [3.05, 3.63) is 65.5 Å². The summed E-state index contributed by atoms with van der Waals surface area (Å²) in [4.78, 5) is 20.4. The van der Waals surface area contributed by atoms with Crippen LogP contribution in [-0.4, -0.2) is 59.9 Å². The van der Waals surface area contributed by atoms with Crippen molar-refractivity contribution in [2.75, 3.05) is 32.8 Å². The highest BCUT2D eigenvalue weighted by Gasteiger charge is 2.30. The summed E-state index contributed by atoms with van der Waals surface area (Å²) in [6.45, 7) is 3.78. The smallest absolute Gasteiger partial charge is 0.416 e. The molecule has 1 heterocycles. The third kappa shape index (κ3) is 9.07. The average molecular weight is 473 g/mol. The SMILES string of the molecule is Fc1ccc(C(CCN2CCOCC2)Oc2ccc(C(F)(F)F)cc2)cc1.O=C(O)C(=O)O. The second-order valence-electron chi connectivity index (χ2n) is 7.03. The maximum absolute atomic E-state index is 13.2.